The predicted octanol–water partition coefficient (Wildman–Crippen LogP) is 3.31. The van der Waals surface area contributed by atoms with Crippen molar-refractivity contribution in [2.24, 2.45) is 0 Å². The van der Waals surface area contributed by atoms with Crippen molar-refractivity contribution in [2.45, 2.75) is 33.2 Å². The lowest BCUT2D eigenvalue weighted by Crippen LogP contribution is -2.54. The van der Waals surface area contributed by atoms with E-state index >= 15 is 0 Å². The van der Waals surface area contributed by atoms with Crippen LogP contribution >= 0.6 is 15.9 Å². The molecule has 0 radical (unpaired) electrons. The van der Waals surface area contributed by atoms with E-state index in [1.165, 1.54) is 0 Å². The molecular weight excluding hydrogens is 316 g/mol. The normalized spacial score (nSPS) is 17.4. The van der Waals surface area contributed by atoms with E-state index in [9.17, 15) is 4.79 Å². The topological polar surface area (TPSA) is 23.6 Å². The van der Waals surface area contributed by atoms with Gasteiger partial charge >= 0.3 is 0 Å². The first kappa shape index (κ1) is 15.5. The molecule has 0 bridgehead atoms. The Morgan fingerprint density at radius 1 is 1.15 bits per heavy atom. The zero-order chi connectivity index (χ0) is 14.9. The van der Waals surface area contributed by atoms with Gasteiger partial charge < -0.3 is 4.90 Å². The summed E-state index contributed by atoms with van der Waals surface area (Å²) in [6.07, 6.45) is 0. The van der Waals surface area contributed by atoms with Crippen molar-refractivity contribution in [3.05, 3.63) is 33.8 Å². The lowest BCUT2D eigenvalue weighted by molar-refractivity contribution is 0.0450. The number of hydrogen-bond acceptors (Lipinski definition) is 2. The number of carbonyl (C=O) groups is 1. The van der Waals surface area contributed by atoms with Crippen LogP contribution in [0.25, 0.3) is 0 Å². The molecule has 3 nitrogen and oxygen atoms in total. The molecule has 0 atom stereocenters. The number of halogens is 1. The SMILES string of the molecule is Cc1c(Br)cccc1C(=O)N1CCN(C(C)(C)C)CC1. The Balaban J connectivity index is 2.07. The molecule has 110 valence electrons. The molecule has 1 fully saturated rings. The summed E-state index contributed by atoms with van der Waals surface area (Å²) in [4.78, 5) is 17.0. The lowest BCUT2D eigenvalue weighted by Gasteiger charge is -2.42. The van der Waals surface area contributed by atoms with Gasteiger partial charge in [0.1, 0.15) is 0 Å². The first-order valence-corrected chi connectivity index (χ1v) is 7.89. The smallest absolute Gasteiger partial charge is 0.254 e. The van der Waals surface area contributed by atoms with Crippen LogP contribution in [0.1, 0.15) is 36.7 Å². The standard InChI is InChI=1S/C16H23BrN2O/c1-12-13(6-5-7-14(12)17)15(20)18-8-10-19(11-9-18)16(2,3)4/h5-7H,8-11H2,1-4H3. The average molecular weight is 339 g/mol. The van der Waals surface area contributed by atoms with E-state index in [1.807, 2.05) is 30.0 Å². The zero-order valence-corrected chi connectivity index (χ0v) is 14.3. The van der Waals surface area contributed by atoms with Gasteiger partial charge in [-0.2, -0.15) is 0 Å². The van der Waals surface area contributed by atoms with Crippen molar-refractivity contribution in [1.82, 2.24) is 9.80 Å². The fraction of sp³-hybridized carbons (Fsp3) is 0.562. The van der Waals surface area contributed by atoms with Gasteiger partial charge in [-0.1, -0.05) is 22.0 Å². The molecule has 1 saturated heterocycles. The van der Waals surface area contributed by atoms with Gasteiger partial charge in [-0.15, -0.1) is 0 Å². The summed E-state index contributed by atoms with van der Waals surface area (Å²) < 4.78 is 0.997. The monoisotopic (exact) mass is 338 g/mol. The van der Waals surface area contributed by atoms with Crippen LogP contribution in [0.5, 0.6) is 0 Å². The zero-order valence-electron chi connectivity index (χ0n) is 12.7. The summed E-state index contributed by atoms with van der Waals surface area (Å²) in [5.41, 5.74) is 2.01. The van der Waals surface area contributed by atoms with Gasteiger partial charge in [-0.3, -0.25) is 9.69 Å². The molecule has 0 N–H and O–H groups in total. The van der Waals surface area contributed by atoms with E-state index in [1.54, 1.807) is 0 Å². The van der Waals surface area contributed by atoms with Crippen LogP contribution in [-0.4, -0.2) is 47.4 Å². The molecule has 20 heavy (non-hydrogen) atoms. The number of hydrogen-bond donors (Lipinski definition) is 0. The minimum absolute atomic E-state index is 0.150. The predicted molar refractivity (Wildman–Crippen MR) is 86.1 cm³/mol. The second-order valence-electron chi connectivity index (χ2n) is 6.36. The van der Waals surface area contributed by atoms with Crippen LogP contribution in [0.3, 0.4) is 0 Å². The first-order chi connectivity index (χ1) is 9.30. The van der Waals surface area contributed by atoms with Gasteiger partial charge in [-0.25, -0.2) is 0 Å². The highest BCUT2D eigenvalue weighted by molar-refractivity contribution is 9.10. The van der Waals surface area contributed by atoms with Gasteiger partial charge in [0.05, 0.1) is 0 Å². The van der Waals surface area contributed by atoms with Crippen molar-refractivity contribution in [1.29, 1.82) is 0 Å². The molecule has 0 spiro atoms. The number of piperazine rings is 1. The molecule has 0 saturated carbocycles. The highest BCUT2D eigenvalue weighted by atomic mass is 79.9. The fourth-order valence-electron chi connectivity index (χ4n) is 2.59. The van der Waals surface area contributed by atoms with E-state index < -0.39 is 0 Å². The molecule has 2 rings (SSSR count). The third-order valence-electron chi connectivity index (χ3n) is 4.01. The highest BCUT2D eigenvalue weighted by Gasteiger charge is 2.28. The summed E-state index contributed by atoms with van der Waals surface area (Å²) in [6, 6.07) is 5.82. The molecule has 0 unspecified atom stereocenters. The largest absolute Gasteiger partial charge is 0.336 e. The first-order valence-electron chi connectivity index (χ1n) is 7.10. The Bertz CT molecular complexity index is 500. The molecule has 1 heterocycles. The van der Waals surface area contributed by atoms with E-state index in [0.29, 0.717) is 0 Å². The number of amides is 1. The molecule has 1 amide bonds. The molecule has 0 aromatic heterocycles. The maximum absolute atomic E-state index is 12.6. The number of rotatable bonds is 1. The maximum atomic E-state index is 12.6. The highest BCUT2D eigenvalue weighted by Crippen LogP contribution is 2.22. The summed E-state index contributed by atoms with van der Waals surface area (Å²) in [6.45, 7) is 12.2. The van der Waals surface area contributed by atoms with Crippen molar-refractivity contribution in [3.63, 3.8) is 0 Å². The molecular formula is C16H23BrN2O. The van der Waals surface area contributed by atoms with Crippen LogP contribution in [-0.2, 0) is 0 Å². The summed E-state index contributed by atoms with van der Waals surface area (Å²) in [5.74, 6) is 0.150. The van der Waals surface area contributed by atoms with Crippen LogP contribution in [0.15, 0.2) is 22.7 Å². The lowest BCUT2D eigenvalue weighted by atomic mass is 10.0. The third kappa shape index (κ3) is 3.23. The quantitative estimate of drug-likeness (QED) is 0.784. The second-order valence-corrected chi connectivity index (χ2v) is 7.22. The second kappa shape index (κ2) is 5.86. The molecule has 1 aliphatic heterocycles. The van der Waals surface area contributed by atoms with Crippen LogP contribution in [0, 0.1) is 6.92 Å². The van der Waals surface area contributed by atoms with Crippen molar-refractivity contribution in [3.8, 4) is 0 Å². The van der Waals surface area contributed by atoms with Gasteiger partial charge in [-0.05, 0) is 45.4 Å². The summed E-state index contributed by atoms with van der Waals surface area (Å²) >= 11 is 3.50. The van der Waals surface area contributed by atoms with E-state index in [4.69, 9.17) is 0 Å². The van der Waals surface area contributed by atoms with Crippen molar-refractivity contribution in [2.75, 3.05) is 26.2 Å². The molecule has 0 aliphatic carbocycles. The Morgan fingerprint density at radius 2 is 1.75 bits per heavy atom. The van der Waals surface area contributed by atoms with Crippen molar-refractivity contribution < 1.29 is 4.79 Å². The minimum atomic E-state index is 0.150. The Morgan fingerprint density at radius 3 is 2.30 bits per heavy atom. The van der Waals surface area contributed by atoms with E-state index in [0.717, 1.165) is 41.8 Å². The van der Waals surface area contributed by atoms with Crippen LogP contribution < -0.4 is 0 Å². The maximum Gasteiger partial charge on any atom is 0.254 e. The van der Waals surface area contributed by atoms with Gasteiger partial charge in [0.2, 0.25) is 0 Å². The van der Waals surface area contributed by atoms with Gasteiger partial charge in [0.25, 0.3) is 5.91 Å². The van der Waals surface area contributed by atoms with E-state index in [2.05, 4.69) is 41.6 Å². The summed E-state index contributed by atoms with van der Waals surface area (Å²) in [5, 5.41) is 0. The van der Waals surface area contributed by atoms with E-state index in [-0.39, 0.29) is 11.4 Å². The van der Waals surface area contributed by atoms with Crippen LogP contribution in [0.2, 0.25) is 0 Å². The molecule has 1 aromatic rings. The third-order valence-corrected chi connectivity index (χ3v) is 4.87. The Labute approximate surface area is 130 Å². The average Bonchev–Trinajstić information content (AvgIpc) is 2.40. The van der Waals surface area contributed by atoms with Gasteiger partial charge in [0.15, 0.2) is 0 Å². The van der Waals surface area contributed by atoms with Crippen LogP contribution in [0.4, 0.5) is 0 Å². The number of benzene rings is 1. The Kier molecular flexibility index (Phi) is 4.55. The minimum Gasteiger partial charge on any atom is -0.336 e. The molecule has 1 aliphatic rings. The Hall–Kier alpha value is -0.870. The van der Waals surface area contributed by atoms with Gasteiger partial charge in [0, 0.05) is 41.8 Å². The number of carbonyl (C=O) groups excluding carboxylic acids is 1. The molecule has 4 heteroatoms. The molecule has 1 aromatic carbocycles. The van der Waals surface area contributed by atoms with Crippen molar-refractivity contribution >= 4 is 21.8 Å². The fourth-order valence-corrected chi connectivity index (χ4v) is 2.96. The number of nitrogens with zero attached hydrogens (tertiary/aromatic N) is 2. The summed E-state index contributed by atoms with van der Waals surface area (Å²) in [7, 11) is 0.